The van der Waals surface area contributed by atoms with Crippen LogP contribution in [0.5, 0.6) is 5.75 Å². The van der Waals surface area contributed by atoms with E-state index in [1.54, 1.807) is 18.4 Å². The highest BCUT2D eigenvalue weighted by molar-refractivity contribution is 14.1. The molecule has 0 amide bonds. The first kappa shape index (κ1) is 28.5. The van der Waals surface area contributed by atoms with Gasteiger partial charge in [0.2, 0.25) is 0 Å². The first-order chi connectivity index (χ1) is 18.8. The maximum absolute atomic E-state index is 13.8. The van der Waals surface area contributed by atoms with E-state index < -0.39 is 12.0 Å². The molecule has 0 aliphatic carbocycles. The number of allylic oxidation sites excluding steroid dienone is 1. The van der Waals surface area contributed by atoms with Crippen LogP contribution in [0.15, 0.2) is 75.0 Å². The predicted molar refractivity (Wildman–Crippen MR) is 172 cm³/mol. The second-order valence-electron chi connectivity index (χ2n) is 8.55. The van der Waals surface area contributed by atoms with E-state index in [1.165, 1.54) is 22.7 Å². The number of rotatable bonds is 7. The van der Waals surface area contributed by atoms with Crippen LogP contribution >= 0.6 is 79.5 Å². The van der Waals surface area contributed by atoms with Crippen molar-refractivity contribution in [2.45, 2.75) is 26.5 Å². The monoisotopic (exact) mass is 802 g/mol. The molecule has 0 fully saturated rings. The second kappa shape index (κ2) is 12.2. The summed E-state index contributed by atoms with van der Waals surface area (Å²) in [4.78, 5) is 32.7. The number of aromatic nitrogens is 1. The summed E-state index contributed by atoms with van der Waals surface area (Å²) < 4.78 is 15.5. The Morgan fingerprint density at radius 2 is 1.90 bits per heavy atom. The zero-order valence-corrected chi connectivity index (χ0v) is 27.4. The van der Waals surface area contributed by atoms with E-state index in [0.29, 0.717) is 32.2 Å². The first-order valence-corrected chi connectivity index (χ1v) is 16.1. The van der Waals surface area contributed by atoms with Gasteiger partial charge in [0.1, 0.15) is 18.4 Å². The lowest BCUT2D eigenvalue weighted by Gasteiger charge is -2.23. The molecule has 0 bridgehead atoms. The minimum absolute atomic E-state index is 0.195. The van der Waals surface area contributed by atoms with Crippen LogP contribution in [0.3, 0.4) is 0 Å². The molecule has 0 radical (unpaired) electrons. The molecule has 0 saturated carbocycles. The zero-order chi connectivity index (χ0) is 27.7. The molecular weight excluding hydrogens is 782 g/mol. The Balaban J connectivity index is 1.52. The third-order valence-corrected chi connectivity index (χ3v) is 9.71. The minimum atomic E-state index is -0.577. The van der Waals surface area contributed by atoms with Gasteiger partial charge in [0, 0.05) is 9.90 Å². The topological polar surface area (TPSA) is 69.9 Å². The van der Waals surface area contributed by atoms with Crippen molar-refractivity contribution in [2.24, 2.45) is 4.99 Å². The molecule has 2 aromatic carbocycles. The number of carbonyl (C=O) groups excluding carboxylic acids is 1. The summed E-state index contributed by atoms with van der Waals surface area (Å²) in [5.41, 5.74) is 2.66. The van der Waals surface area contributed by atoms with Crippen molar-refractivity contribution in [3.05, 3.63) is 113 Å². The van der Waals surface area contributed by atoms with Crippen LogP contribution in [-0.2, 0) is 16.1 Å². The number of carbonyl (C=O) groups is 1. The molecule has 39 heavy (non-hydrogen) atoms. The van der Waals surface area contributed by atoms with Crippen molar-refractivity contribution < 1.29 is 14.3 Å². The van der Waals surface area contributed by atoms with E-state index in [2.05, 4.69) is 50.2 Å². The van der Waals surface area contributed by atoms with Crippen LogP contribution in [0.25, 0.3) is 6.08 Å². The molecule has 3 heterocycles. The van der Waals surface area contributed by atoms with Crippen LogP contribution in [0.4, 0.5) is 0 Å². The number of benzene rings is 2. The standard InChI is InChI=1S/C28H21ClI2N2O4S2/c1-3-36-27(35)23-15(2)32-28-33(24(23)21-5-4-10-38-21)26(34)22(39-28)13-17-11-19(30)25(20(31)12-17)37-14-16-6-8-18(29)9-7-16/h4-13,24H,3,14H2,1-2H3. The Morgan fingerprint density at radius 3 is 2.54 bits per heavy atom. The van der Waals surface area contributed by atoms with E-state index in [9.17, 15) is 9.59 Å². The third kappa shape index (κ3) is 6.04. The summed E-state index contributed by atoms with van der Waals surface area (Å²) in [6.45, 7) is 4.22. The summed E-state index contributed by atoms with van der Waals surface area (Å²) in [6.07, 6.45) is 1.87. The third-order valence-electron chi connectivity index (χ3n) is 5.94. The first-order valence-electron chi connectivity index (χ1n) is 11.9. The van der Waals surface area contributed by atoms with E-state index in [0.717, 1.165) is 28.9 Å². The SMILES string of the molecule is CCOC(=O)C1=C(C)N=c2sc(=Cc3cc(I)c(OCc4ccc(Cl)cc4)c(I)c3)c(=O)n2C1c1cccs1. The summed E-state index contributed by atoms with van der Waals surface area (Å²) in [6, 6.07) is 14.8. The molecule has 4 aromatic rings. The summed E-state index contributed by atoms with van der Waals surface area (Å²) in [5.74, 6) is 0.335. The van der Waals surface area contributed by atoms with E-state index >= 15 is 0 Å². The Labute approximate surface area is 264 Å². The number of thiazole rings is 1. The molecule has 1 unspecified atom stereocenters. The lowest BCUT2D eigenvalue weighted by atomic mass is 10.0. The number of esters is 1. The molecule has 0 saturated heterocycles. The Hall–Kier alpha value is -2.00. The van der Waals surface area contributed by atoms with Gasteiger partial charge < -0.3 is 9.47 Å². The number of hydrogen-bond donors (Lipinski definition) is 0. The fraction of sp³-hybridized carbons (Fsp3) is 0.179. The number of nitrogens with zero attached hydrogens (tertiary/aromatic N) is 2. The van der Waals surface area contributed by atoms with Crippen molar-refractivity contribution in [2.75, 3.05) is 6.61 Å². The van der Waals surface area contributed by atoms with Crippen LogP contribution in [-0.4, -0.2) is 17.1 Å². The van der Waals surface area contributed by atoms with Gasteiger partial charge in [0.15, 0.2) is 4.80 Å². The highest BCUT2D eigenvalue weighted by Crippen LogP contribution is 2.33. The molecule has 200 valence electrons. The highest BCUT2D eigenvalue weighted by atomic mass is 127. The smallest absolute Gasteiger partial charge is 0.338 e. The maximum atomic E-state index is 13.8. The Morgan fingerprint density at radius 1 is 1.18 bits per heavy atom. The molecule has 2 aromatic heterocycles. The molecule has 1 aliphatic rings. The van der Waals surface area contributed by atoms with E-state index in [1.807, 2.05) is 60.0 Å². The molecule has 6 nitrogen and oxygen atoms in total. The normalized spacial score (nSPS) is 15.2. The quantitative estimate of drug-likeness (QED) is 0.163. The maximum Gasteiger partial charge on any atom is 0.338 e. The van der Waals surface area contributed by atoms with Gasteiger partial charge >= 0.3 is 5.97 Å². The molecule has 1 atom stereocenters. The second-order valence-corrected chi connectivity index (χ2v) is 13.3. The number of fused-ring (bicyclic) bond motifs is 1. The number of halogens is 3. The van der Waals surface area contributed by atoms with Gasteiger partial charge in [-0.2, -0.15) is 0 Å². The van der Waals surface area contributed by atoms with Gasteiger partial charge in [-0.05, 0) is 112 Å². The minimum Gasteiger partial charge on any atom is -0.487 e. The molecule has 0 N–H and O–H groups in total. The predicted octanol–water partition coefficient (Wildman–Crippen LogP) is 6.30. The van der Waals surface area contributed by atoms with Crippen LogP contribution in [0.2, 0.25) is 5.02 Å². The van der Waals surface area contributed by atoms with Gasteiger partial charge in [-0.25, -0.2) is 9.79 Å². The van der Waals surface area contributed by atoms with Gasteiger partial charge in [0.05, 0.1) is 29.5 Å². The van der Waals surface area contributed by atoms with Crippen molar-refractivity contribution in [3.63, 3.8) is 0 Å². The molecular formula is C28H21ClI2N2O4S2. The lowest BCUT2D eigenvalue weighted by molar-refractivity contribution is -0.139. The molecule has 11 heteroatoms. The van der Waals surface area contributed by atoms with Crippen LogP contribution in [0, 0.1) is 7.14 Å². The number of ether oxygens (including phenoxy) is 2. The number of thiophene rings is 1. The summed E-state index contributed by atoms with van der Waals surface area (Å²) >= 11 is 13.3. The van der Waals surface area contributed by atoms with Crippen LogP contribution in [0.1, 0.15) is 35.9 Å². The van der Waals surface area contributed by atoms with Gasteiger partial charge in [-0.1, -0.05) is 41.1 Å². The van der Waals surface area contributed by atoms with Crippen molar-refractivity contribution >= 4 is 91.5 Å². The summed E-state index contributed by atoms with van der Waals surface area (Å²) in [7, 11) is 0. The Bertz CT molecular complexity index is 1740. The number of hydrogen-bond acceptors (Lipinski definition) is 7. The largest absolute Gasteiger partial charge is 0.487 e. The zero-order valence-electron chi connectivity index (χ0n) is 20.7. The van der Waals surface area contributed by atoms with E-state index in [4.69, 9.17) is 21.1 Å². The fourth-order valence-electron chi connectivity index (χ4n) is 4.20. The average molecular weight is 803 g/mol. The van der Waals surface area contributed by atoms with Crippen molar-refractivity contribution in [3.8, 4) is 5.75 Å². The molecule has 0 spiro atoms. The van der Waals surface area contributed by atoms with Gasteiger partial charge in [-0.3, -0.25) is 9.36 Å². The fourth-order valence-corrected chi connectivity index (χ4v) is 8.32. The summed E-state index contributed by atoms with van der Waals surface area (Å²) in [5, 5.41) is 2.62. The van der Waals surface area contributed by atoms with Gasteiger partial charge in [-0.15, -0.1) is 11.3 Å². The molecule has 1 aliphatic heterocycles. The van der Waals surface area contributed by atoms with Crippen LogP contribution < -0.4 is 19.6 Å². The lowest BCUT2D eigenvalue weighted by Crippen LogP contribution is -2.39. The van der Waals surface area contributed by atoms with Crippen molar-refractivity contribution in [1.29, 1.82) is 0 Å². The average Bonchev–Trinajstić information content (AvgIpc) is 3.52. The van der Waals surface area contributed by atoms with Gasteiger partial charge in [0.25, 0.3) is 5.56 Å². The van der Waals surface area contributed by atoms with E-state index in [-0.39, 0.29) is 12.2 Å². The Kier molecular flexibility index (Phi) is 8.96. The highest BCUT2D eigenvalue weighted by Gasteiger charge is 2.33. The molecule has 5 rings (SSSR count). The van der Waals surface area contributed by atoms with Crippen molar-refractivity contribution in [1.82, 2.24) is 4.57 Å².